The topological polar surface area (TPSA) is 12.0 Å². The molecule has 0 spiro atoms. The molecule has 1 unspecified atom stereocenters. The van der Waals surface area contributed by atoms with Crippen molar-refractivity contribution in [3.8, 4) is 0 Å². The molecule has 17 heavy (non-hydrogen) atoms. The summed E-state index contributed by atoms with van der Waals surface area (Å²) in [6, 6.07) is 3.45. The Labute approximate surface area is 106 Å². The van der Waals surface area contributed by atoms with Gasteiger partial charge in [0, 0.05) is 17.4 Å². The average Bonchev–Trinajstić information content (AvgIpc) is 2.28. The zero-order valence-electron chi connectivity index (χ0n) is 10.5. The van der Waals surface area contributed by atoms with Gasteiger partial charge in [-0.3, -0.25) is 0 Å². The molecule has 0 aliphatic carbocycles. The molecule has 0 aromatic heterocycles. The molecule has 1 aromatic carbocycles. The van der Waals surface area contributed by atoms with E-state index in [2.05, 4.69) is 19.2 Å². The van der Waals surface area contributed by atoms with Crippen LogP contribution in [0, 0.1) is 17.6 Å². The Morgan fingerprint density at radius 3 is 2.53 bits per heavy atom. The summed E-state index contributed by atoms with van der Waals surface area (Å²) in [5.41, 5.74) is 0.406. The highest BCUT2D eigenvalue weighted by Gasteiger charge is 2.15. The minimum Gasteiger partial charge on any atom is -0.312 e. The molecule has 1 aromatic rings. The minimum absolute atomic E-state index is 0.144. The van der Waals surface area contributed by atoms with E-state index in [-0.39, 0.29) is 11.9 Å². The van der Waals surface area contributed by atoms with Gasteiger partial charge in [-0.2, -0.15) is 11.8 Å². The van der Waals surface area contributed by atoms with Crippen LogP contribution in [-0.4, -0.2) is 18.6 Å². The predicted octanol–water partition coefficient (Wildman–Crippen LogP) is 3.61. The first-order valence-electron chi connectivity index (χ1n) is 5.74. The standard InChI is InChI=1S/C13H19F2NS/c1-9(2)7-17-8-13(16-3)11-6-10(14)4-5-12(11)15/h4-6,9,13,16H,7-8H2,1-3H3. The van der Waals surface area contributed by atoms with Crippen LogP contribution in [0.15, 0.2) is 18.2 Å². The molecular formula is C13H19F2NS. The Kier molecular flexibility index (Phi) is 5.92. The van der Waals surface area contributed by atoms with Crippen LogP contribution in [0.2, 0.25) is 0 Å². The van der Waals surface area contributed by atoms with Gasteiger partial charge in [-0.25, -0.2) is 8.78 Å². The normalized spacial score (nSPS) is 13.1. The van der Waals surface area contributed by atoms with Crippen molar-refractivity contribution in [2.75, 3.05) is 18.6 Å². The number of thioether (sulfide) groups is 1. The molecule has 0 fully saturated rings. The van der Waals surface area contributed by atoms with Gasteiger partial charge in [0.05, 0.1) is 0 Å². The zero-order valence-corrected chi connectivity index (χ0v) is 11.3. The summed E-state index contributed by atoms with van der Waals surface area (Å²) in [4.78, 5) is 0. The van der Waals surface area contributed by atoms with E-state index in [1.165, 1.54) is 12.1 Å². The number of halogens is 2. The molecule has 0 bridgehead atoms. The molecule has 96 valence electrons. The van der Waals surface area contributed by atoms with Crippen LogP contribution < -0.4 is 5.32 Å². The molecule has 1 atom stereocenters. The summed E-state index contributed by atoms with van der Waals surface area (Å²) < 4.78 is 26.7. The van der Waals surface area contributed by atoms with Crippen molar-refractivity contribution in [1.82, 2.24) is 5.32 Å². The van der Waals surface area contributed by atoms with Gasteiger partial charge in [0.15, 0.2) is 0 Å². The SMILES string of the molecule is CNC(CSCC(C)C)c1cc(F)ccc1F. The largest absolute Gasteiger partial charge is 0.312 e. The molecule has 1 N–H and O–H groups in total. The number of benzene rings is 1. The molecule has 0 aliphatic heterocycles. The second-order valence-corrected chi connectivity index (χ2v) is 5.51. The van der Waals surface area contributed by atoms with E-state index >= 15 is 0 Å². The Morgan fingerprint density at radius 1 is 1.24 bits per heavy atom. The molecule has 1 rings (SSSR count). The maximum absolute atomic E-state index is 13.6. The van der Waals surface area contributed by atoms with Gasteiger partial charge >= 0.3 is 0 Å². The van der Waals surface area contributed by atoms with E-state index in [1.54, 1.807) is 18.8 Å². The number of hydrogen-bond donors (Lipinski definition) is 1. The van der Waals surface area contributed by atoms with Gasteiger partial charge < -0.3 is 5.32 Å². The lowest BCUT2D eigenvalue weighted by atomic mass is 10.1. The first kappa shape index (κ1) is 14.5. The van der Waals surface area contributed by atoms with Crippen molar-refractivity contribution in [2.24, 2.45) is 5.92 Å². The monoisotopic (exact) mass is 259 g/mol. The maximum atomic E-state index is 13.6. The summed E-state index contributed by atoms with van der Waals surface area (Å²) in [6.45, 7) is 4.29. The van der Waals surface area contributed by atoms with E-state index in [9.17, 15) is 8.78 Å². The third-order valence-electron chi connectivity index (χ3n) is 2.42. The van der Waals surface area contributed by atoms with Gasteiger partial charge in [0.25, 0.3) is 0 Å². The van der Waals surface area contributed by atoms with Crippen LogP contribution >= 0.6 is 11.8 Å². The Hall–Kier alpha value is -0.610. The molecule has 0 amide bonds. The highest BCUT2D eigenvalue weighted by atomic mass is 32.2. The van der Waals surface area contributed by atoms with E-state index in [1.807, 2.05) is 0 Å². The van der Waals surface area contributed by atoms with Crippen molar-refractivity contribution < 1.29 is 8.78 Å². The quantitative estimate of drug-likeness (QED) is 0.837. The maximum Gasteiger partial charge on any atom is 0.128 e. The predicted molar refractivity (Wildman–Crippen MR) is 70.3 cm³/mol. The van der Waals surface area contributed by atoms with Crippen LogP contribution in [0.1, 0.15) is 25.5 Å². The van der Waals surface area contributed by atoms with Crippen LogP contribution in [0.4, 0.5) is 8.78 Å². The fourth-order valence-corrected chi connectivity index (χ4v) is 2.72. The van der Waals surface area contributed by atoms with Crippen molar-refractivity contribution in [2.45, 2.75) is 19.9 Å². The molecule has 0 heterocycles. The van der Waals surface area contributed by atoms with Crippen molar-refractivity contribution in [3.05, 3.63) is 35.4 Å². The van der Waals surface area contributed by atoms with E-state index in [0.29, 0.717) is 11.5 Å². The van der Waals surface area contributed by atoms with Crippen LogP contribution in [0.5, 0.6) is 0 Å². The third kappa shape index (κ3) is 4.64. The van der Waals surface area contributed by atoms with Gasteiger partial charge in [0.2, 0.25) is 0 Å². The molecule has 0 aliphatic rings. The smallest absolute Gasteiger partial charge is 0.128 e. The summed E-state index contributed by atoms with van der Waals surface area (Å²) in [6.07, 6.45) is 0. The van der Waals surface area contributed by atoms with E-state index in [0.717, 1.165) is 17.6 Å². The molecule has 0 saturated carbocycles. The molecular weight excluding hydrogens is 240 g/mol. The molecule has 1 nitrogen and oxygen atoms in total. The zero-order chi connectivity index (χ0) is 12.8. The molecule has 0 saturated heterocycles. The summed E-state index contributed by atoms with van der Waals surface area (Å²) >= 11 is 1.75. The van der Waals surface area contributed by atoms with Crippen LogP contribution in [0.25, 0.3) is 0 Å². The van der Waals surface area contributed by atoms with Crippen molar-refractivity contribution in [3.63, 3.8) is 0 Å². The summed E-state index contributed by atoms with van der Waals surface area (Å²) in [7, 11) is 1.77. The first-order chi connectivity index (χ1) is 8.04. The number of nitrogens with one attached hydrogen (secondary N) is 1. The minimum atomic E-state index is -0.393. The highest BCUT2D eigenvalue weighted by Crippen LogP contribution is 2.22. The Balaban J connectivity index is 2.68. The Morgan fingerprint density at radius 2 is 1.94 bits per heavy atom. The number of rotatable bonds is 6. The highest BCUT2D eigenvalue weighted by molar-refractivity contribution is 7.99. The van der Waals surface area contributed by atoms with E-state index < -0.39 is 5.82 Å². The summed E-state index contributed by atoms with van der Waals surface area (Å²) in [5, 5.41) is 3.03. The van der Waals surface area contributed by atoms with Gasteiger partial charge in [-0.05, 0) is 36.9 Å². The second-order valence-electron chi connectivity index (χ2n) is 4.44. The lowest BCUT2D eigenvalue weighted by molar-refractivity contribution is 0.549. The van der Waals surface area contributed by atoms with Crippen molar-refractivity contribution >= 4 is 11.8 Å². The molecule has 0 radical (unpaired) electrons. The van der Waals surface area contributed by atoms with Gasteiger partial charge in [-0.1, -0.05) is 13.8 Å². The fourth-order valence-electron chi connectivity index (χ4n) is 1.53. The van der Waals surface area contributed by atoms with Crippen molar-refractivity contribution in [1.29, 1.82) is 0 Å². The van der Waals surface area contributed by atoms with Gasteiger partial charge in [-0.15, -0.1) is 0 Å². The Bertz CT molecular complexity index is 355. The number of hydrogen-bond acceptors (Lipinski definition) is 2. The second kappa shape index (κ2) is 6.97. The van der Waals surface area contributed by atoms with Crippen LogP contribution in [0.3, 0.4) is 0 Å². The third-order valence-corrected chi connectivity index (χ3v) is 3.89. The van der Waals surface area contributed by atoms with E-state index in [4.69, 9.17) is 0 Å². The lowest BCUT2D eigenvalue weighted by Crippen LogP contribution is -2.20. The fraction of sp³-hybridized carbons (Fsp3) is 0.538. The lowest BCUT2D eigenvalue weighted by Gasteiger charge is -2.17. The average molecular weight is 259 g/mol. The van der Waals surface area contributed by atoms with Crippen LogP contribution in [-0.2, 0) is 0 Å². The molecule has 4 heteroatoms. The first-order valence-corrected chi connectivity index (χ1v) is 6.90. The van der Waals surface area contributed by atoms with Gasteiger partial charge in [0.1, 0.15) is 11.6 Å². The summed E-state index contributed by atoms with van der Waals surface area (Å²) in [5.74, 6) is 1.63.